The predicted octanol–water partition coefficient (Wildman–Crippen LogP) is 3.53. The largest absolute Gasteiger partial charge is 0.497 e. The summed E-state index contributed by atoms with van der Waals surface area (Å²) in [5.41, 5.74) is -0.0111. The van der Waals surface area contributed by atoms with Crippen molar-refractivity contribution >= 4 is 23.3 Å². The van der Waals surface area contributed by atoms with Gasteiger partial charge in [0.2, 0.25) is 0 Å². The van der Waals surface area contributed by atoms with E-state index in [-0.39, 0.29) is 0 Å². The fourth-order valence-electron chi connectivity index (χ4n) is 4.26. The Morgan fingerprint density at radius 2 is 1.83 bits per heavy atom. The van der Waals surface area contributed by atoms with E-state index in [9.17, 15) is 14.7 Å². The number of ether oxygens (including phenoxy) is 1. The second-order valence-corrected chi connectivity index (χ2v) is 8.52. The van der Waals surface area contributed by atoms with Crippen LogP contribution in [0.3, 0.4) is 0 Å². The molecule has 0 aliphatic carbocycles. The van der Waals surface area contributed by atoms with Crippen molar-refractivity contribution in [1.29, 1.82) is 0 Å². The summed E-state index contributed by atoms with van der Waals surface area (Å²) < 4.78 is 5.28. The molecule has 3 aromatic carbocycles. The summed E-state index contributed by atoms with van der Waals surface area (Å²) in [6.07, 6.45) is 0.679. The van der Waals surface area contributed by atoms with Crippen molar-refractivity contribution in [3.63, 3.8) is 0 Å². The summed E-state index contributed by atoms with van der Waals surface area (Å²) in [4.78, 5) is 29.8. The molecule has 35 heavy (non-hydrogen) atoms. The third kappa shape index (κ3) is 5.13. The minimum Gasteiger partial charge on any atom is -0.497 e. The highest BCUT2D eigenvalue weighted by Crippen LogP contribution is 2.40. The Labute approximate surface area is 205 Å². The number of fused-ring (bicyclic) bond motifs is 1. The zero-order chi connectivity index (χ0) is 24.8. The van der Waals surface area contributed by atoms with Gasteiger partial charge in [-0.2, -0.15) is 0 Å². The summed E-state index contributed by atoms with van der Waals surface area (Å²) >= 11 is 0. The first-order chi connectivity index (χ1) is 16.9. The Morgan fingerprint density at radius 1 is 1.09 bits per heavy atom. The van der Waals surface area contributed by atoms with Crippen LogP contribution in [0.5, 0.6) is 5.75 Å². The minimum atomic E-state index is -2.23. The summed E-state index contributed by atoms with van der Waals surface area (Å²) in [6, 6.07) is 23.0. The molecule has 0 bridgehead atoms. The molecule has 8 nitrogen and oxygen atoms in total. The van der Waals surface area contributed by atoms with Crippen molar-refractivity contribution in [3.8, 4) is 5.75 Å². The molecule has 4 rings (SSSR count). The Morgan fingerprint density at radius 3 is 2.60 bits per heavy atom. The Kier molecular flexibility index (Phi) is 7.33. The molecular weight excluding hydrogens is 444 g/mol. The van der Waals surface area contributed by atoms with E-state index in [1.807, 2.05) is 25.2 Å². The van der Waals surface area contributed by atoms with Crippen LogP contribution < -0.4 is 20.3 Å². The van der Waals surface area contributed by atoms with E-state index in [2.05, 4.69) is 27.7 Å². The van der Waals surface area contributed by atoms with Gasteiger partial charge in [0, 0.05) is 24.7 Å². The molecule has 0 aromatic heterocycles. The average Bonchev–Trinajstić information content (AvgIpc) is 2.87. The van der Waals surface area contributed by atoms with Crippen molar-refractivity contribution < 1.29 is 19.4 Å². The van der Waals surface area contributed by atoms with Crippen molar-refractivity contribution in [2.45, 2.75) is 18.7 Å². The van der Waals surface area contributed by atoms with E-state index >= 15 is 0 Å². The fourth-order valence-corrected chi connectivity index (χ4v) is 4.26. The molecule has 1 aliphatic rings. The van der Waals surface area contributed by atoms with Gasteiger partial charge in [0.05, 0.1) is 18.5 Å². The van der Waals surface area contributed by atoms with Crippen molar-refractivity contribution in [2.75, 3.05) is 37.5 Å². The lowest BCUT2D eigenvalue weighted by atomic mass is 9.94. The SMILES string of the molecule is COc1cccc(N2C(=O)Nc3ccccc3[C@]2(O)C(=O)NCCCN(C)Cc2ccccc2)c1. The zero-order valence-corrected chi connectivity index (χ0v) is 19.9. The highest BCUT2D eigenvalue weighted by molar-refractivity contribution is 6.11. The molecule has 3 aromatic rings. The van der Waals surface area contributed by atoms with Crippen LogP contribution in [-0.2, 0) is 17.1 Å². The number of carbonyl (C=O) groups excluding carboxylic acids is 2. The van der Waals surface area contributed by atoms with Crippen LogP contribution in [0.15, 0.2) is 78.9 Å². The minimum absolute atomic E-state index is 0.293. The third-order valence-corrected chi connectivity index (χ3v) is 6.00. The average molecular weight is 475 g/mol. The van der Waals surface area contributed by atoms with E-state index in [0.717, 1.165) is 18.0 Å². The molecule has 0 spiro atoms. The number of anilines is 2. The lowest BCUT2D eigenvalue weighted by Crippen LogP contribution is -2.62. The van der Waals surface area contributed by atoms with Gasteiger partial charge in [-0.3, -0.25) is 9.69 Å². The number of nitrogens with one attached hydrogen (secondary N) is 2. The number of rotatable bonds is 9. The van der Waals surface area contributed by atoms with E-state index in [4.69, 9.17) is 4.74 Å². The van der Waals surface area contributed by atoms with Gasteiger partial charge in [0.1, 0.15) is 5.75 Å². The van der Waals surface area contributed by atoms with Crippen LogP contribution in [0.25, 0.3) is 0 Å². The molecule has 1 aliphatic heterocycles. The molecule has 3 N–H and O–H groups in total. The van der Waals surface area contributed by atoms with E-state index in [1.54, 1.807) is 48.5 Å². The lowest BCUT2D eigenvalue weighted by Gasteiger charge is -2.42. The second kappa shape index (κ2) is 10.6. The molecule has 0 unspecified atom stereocenters. The number of hydrogen-bond donors (Lipinski definition) is 3. The highest BCUT2D eigenvalue weighted by Gasteiger charge is 2.51. The number of benzene rings is 3. The van der Waals surface area contributed by atoms with Gasteiger partial charge in [-0.15, -0.1) is 0 Å². The smallest absolute Gasteiger partial charge is 0.329 e. The summed E-state index contributed by atoms with van der Waals surface area (Å²) in [7, 11) is 3.53. The van der Waals surface area contributed by atoms with Crippen LogP contribution in [-0.4, -0.2) is 49.2 Å². The fraction of sp³-hybridized carbons (Fsp3) is 0.259. The summed E-state index contributed by atoms with van der Waals surface area (Å²) in [6.45, 7) is 1.90. The molecule has 1 heterocycles. The van der Waals surface area contributed by atoms with Crippen LogP contribution in [0.1, 0.15) is 17.5 Å². The molecule has 182 valence electrons. The number of carbonyl (C=O) groups is 2. The molecule has 0 saturated heterocycles. The number of para-hydroxylation sites is 1. The van der Waals surface area contributed by atoms with Crippen molar-refractivity contribution in [2.24, 2.45) is 0 Å². The first kappa shape index (κ1) is 24.3. The molecule has 0 radical (unpaired) electrons. The van der Waals surface area contributed by atoms with Crippen molar-refractivity contribution in [3.05, 3.63) is 90.0 Å². The Bertz CT molecular complexity index is 1190. The maximum atomic E-state index is 13.5. The van der Waals surface area contributed by atoms with E-state index < -0.39 is 17.7 Å². The molecular formula is C27H30N4O4. The normalized spacial score (nSPS) is 17.0. The molecule has 0 fully saturated rings. The van der Waals surface area contributed by atoms with Crippen LogP contribution in [0.4, 0.5) is 16.2 Å². The molecule has 8 heteroatoms. The van der Waals surface area contributed by atoms with Crippen LogP contribution in [0.2, 0.25) is 0 Å². The van der Waals surface area contributed by atoms with Gasteiger partial charge in [-0.25, -0.2) is 4.79 Å². The zero-order valence-electron chi connectivity index (χ0n) is 19.9. The van der Waals surface area contributed by atoms with Gasteiger partial charge in [-0.05, 0) is 43.8 Å². The Hall–Kier alpha value is -3.88. The number of amides is 3. The van der Waals surface area contributed by atoms with Gasteiger partial charge < -0.3 is 25.4 Å². The van der Waals surface area contributed by atoms with Crippen LogP contribution >= 0.6 is 0 Å². The quantitative estimate of drug-likeness (QED) is 0.413. The molecule has 1 atom stereocenters. The number of methoxy groups -OCH3 is 1. The lowest BCUT2D eigenvalue weighted by molar-refractivity contribution is -0.140. The molecule has 0 saturated carbocycles. The van der Waals surface area contributed by atoms with Crippen molar-refractivity contribution in [1.82, 2.24) is 10.2 Å². The number of nitrogens with zero attached hydrogens (tertiary/aromatic N) is 2. The number of hydrogen-bond acceptors (Lipinski definition) is 5. The van der Waals surface area contributed by atoms with Gasteiger partial charge in [0.15, 0.2) is 0 Å². The van der Waals surface area contributed by atoms with E-state index in [1.165, 1.54) is 12.7 Å². The summed E-state index contributed by atoms with van der Waals surface area (Å²) in [5.74, 6) is -0.174. The topological polar surface area (TPSA) is 94.1 Å². The van der Waals surface area contributed by atoms with Crippen LogP contribution in [0, 0.1) is 0 Å². The second-order valence-electron chi connectivity index (χ2n) is 8.52. The number of urea groups is 1. The predicted molar refractivity (Wildman–Crippen MR) is 135 cm³/mol. The maximum absolute atomic E-state index is 13.5. The Balaban J connectivity index is 1.51. The van der Waals surface area contributed by atoms with Gasteiger partial charge >= 0.3 is 6.03 Å². The number of aliphatic hydroxyl groups is 1. The first-order valence-electron chi connectivity index (χ1n) is 11.5. The third-order valence-electron chi connectivity index (χ3n) is 6.00. The maximum Gasteiger partial charge on any atom is 0.329 e. The van der Waals surface area contributed by atoms with Gasteiger partial charge in [0.25, 0.3) is 11.6 Å². The standard InChI is InChI=1S/C27H30N4O4/c1-30(19-20-10-4-3-5-11-20)17-9-16-28-25(32)27(34)23-14-6-7-15-24(23)29-26(33)31(27)21-12-8-13-22(18-21)35-2/h3-8,10-15,18,34H,9,16-17,19H2,1-2H3,(H,28,32)(H,29,33)/t27-/m0/s1. The monoisotopic (exact) mass is 474 g/mol. The van der Waals surface area contributed by atoms with E-state index in [0.29, 0.717) is 35.7 Å². The van der Waals surface area contributed by atoms with Gasteiger partial charge in [-0.1, -0.05) is 54.6 Å². The highest BCUT2D eigenvalue weighted by atomic mass is 16.5. The molecule has 3 amide bonds. The first-order valence-corrected chi connectivity index (χ1v) is 11.5. The summed E-state index contributed by atoms with van der Waals surface area (Å²) in [5, 5.41) is 17.4.